The number of oxazole rings is 1. The smallest absolute Gasteiger partial charge is 0.409 e. The summed E-state index contributed by atoms with van der Waals surface area (Å²) >= 11 is 5.93. The number of ether oxygens (including phenoxy) is 2. The number of rotatable bonds is 6. The monoisotopic (exact) mass is 498 g/mol. The summed E-state index contributed by atoms with van der Waals surface area (Å²) in [5.41, 5.74) is 1.73. The fraction of sp³-hybridized carbons (Fsp3) is 0.360. The van der Waals surface area contributed by atoms with Crippen molar-refractivity contribution in [3.63, 3.8) is 0 Å². The lowest BCUT2D eigenvalue weighted by molar-refractivity contribution is 0.0520. The van der Waals surface area contributed by atoms with Crippen LogP contribution < -0.4 is 10.1 Å². The van der Waals surface area contributed by atoms with Crippen molar-refractivity contribution in [1.82, 2.24) is 20.2 Å². The number of hydrogen-bond acceptors (Lipinski definition) is 7. The molecule has 0 bridgehead atoms. The maximum absolute atomic E-state index is 12.8. The molecule has 1 aromatic carbocycles. The van der Waals surface area contributed by atoms with Crippen LogP contribution in [0.15, 0.2) is 47.1 Å². The van der Waals surface area contributed by atoms with E-state index in [9.17, 15) is 9.59 Å². The van der Waals surface area contributed by atoms with Crippen LogP contribution in [0.3, 0.4) is 0 Å². The highest BCUT2D eigenvalue weighted by Crippen LogP contribution is 2.33. The van der Waals surface area contributed by atoms with Crippen molar-refractivity contribution in [3.05, 3.63) is 64.9 Å². The van der Waals surface area contributed by atoms with Crippen LogP contribution in [0.1, 0.15) is 41.7 Å². The number of methoxy groups -OCH3 is 1. The summed E-state index contributed by atoms with van der Waals surface area (Å²) in [5.74, 6) is 1.14. The number of nitrogens with one attached hydrogen (secondary N) is 1. The van der Waals surface area contributed by atoms with E-state index in [-0.39, 0.29) is 29.8 Å². The van der Waals surface area contributed by atoms with Gasteiger partial charge < -0.3 is 24.1 Å². The van der Waals surface area contributed by atoms with Crippen LogP contribution >= 0.6 is 11.6 Å². The van der Waals surface area contributed by atoms with Gasteiger partial charge in [0, 0.05) is 56.2 Å². The molecule has 3 aromatic rings. The van der Waals surface area contributed by atoms with E-state index in [1.165, 1.54) is 7.11 Å². The maximum atomic E-state index is 12.8. The van der Waals surface area contributed by atoms with E-state index in [4.69, 9.17) is 25.5 Å². The fourth-order valence-corrected chi connectivity index (χ4v) is 4.13. The molecule has 0 saturated carbocycles. The van der Waals surface area contributed by atoms with Gasteiger partial charge in [0.1, 0.15) is 17.5 Å². The van der Waals surface area contributed by atoms with Gasteiger partial charge in [0.25, 0.3) is 5.91 Å². The predicted octanol–water partition coefficient (Wildman–Crippen LogP) is 4.63. The predicted molar refractivity (Wildman–Crippen MR) is 129 cm³/mol. The van der Waals surface area contributed by atoms with E-state index in [1.54, 1.807) is 42.4 Å². The molecule has 1 aliphatic rings. The van der Waals surface area contributed by atoms with E-state index >= 15 is 0 Å². The molecule has 9 nitrogen and oxygen atoms in total. The molecule has 0 radical (unpaired) electrons. The van der Waals surface area contributed by atoms with E-state index < -0.39 is 0 Å². The van der Waals surface area contributed by atoms with Crippen LogP contribution in [0.2, 0.25) is 5.02 Å². The zero-order valence-electron chi connectivity index (χ0n) is 19.8. The Morgan fingerprint density at radius 1 is 1.23 bits per heavy atom. The average Bonchev–Trinajstić information content (AvgIpc) is 3.29. The van der Waals surface area contributed by atoms with Gasteiger partial charge in [-0.05, 0) is 24.6 Å². The first-order valence-corrected chi connectivity index (χ1v) is 11.7. The van der Waals surface area contributed by atoms with E-state index in [0.29, 0.717) is 53.9 Å². The molecule has 2 aromatic heterocycles. The lowest BCUT2D eigenvalue weighted by Gasteiger charge is -2.36. The Morgan fingerprint density at radius 2 is 2.00 bits per heavy atom. The number of aromatic nitrogens is 2. The minimum absolute atomic E-state index is 0.0545. The zero-order valence-corrected chi connectivity index (χ0v) is 20.5. The highest BCUT2D eigenvalue weighted by molar-refractivity contribution is 6.30. The number of benzene rings is 1. The summed E-state index contributed by atoms with van der Waals surface area (Å²) in [6, 6.07) is 8.80. The van der Waals surface area contributed by atoms with Crippen LogP contribution in [0.25, 0.3) is 11.3 Å². The standard InChI is InChI=1S/C25H27ClN4O5/c1-15-10-19(8-9-30(15)25(32)33-3)35-22-11-21(28-13-20(22)23-14-27-16(2)34-23)24(31)29-12-17-4-6-18(26)7-5-17/h4-7,11,13-15,19H,8-10,12H2,1-3H3,(H,29,31)/t15-,19+/m1/s1. The van der Waals surface area contributed by atoms with Crippen molar-refractivity contribution in [2.75, 3.05) is 13.7 Å². The number of carbonyl (C=O) groups excluding carboxylic acids is 2. The number of piperidine rings is 1. The van der Waals surface area contributed by atoms with Crippen molar-refractivity contribution in [2.24, 2.45) is 0 Å². The molecule has 10 heteroatoms. The van der Waals surface area contributed by atoms with Crippen molar-refractivity contribution in [1.29, 1.82) is 0 Å². The number of hydrogen-bond donors (Lipinski definition) is 1. The molecular formula is C25H27ClN4O5. The van der Waals surface area contributed by atoms with Crippen LogP contribution in [0, 0.1) is 6.92 Å². The van der Waals surface area contributed by atoms with Crippen LogP contribution in [-0.4, -0.2) is 52.7 Å². The van der Waals surface area contributed by atoms with Gasteiger partial charge in [-0.2, -0.15) is 0 Å². The first kappa shape index (κ1) is 24.5. The van der Waals surface area contributed by atoms with Crippen molar-refractivity contribution in [2.45, 2.75) is 45.4 Å². The third-order valence-electron chi connectivity index (χ3n) is 5.88. The van der Waals surface area contributed by atoms with Crippen molar-refractivity contribution >= 4 is 23.6 Å². The molecule has 35 heavy (non-hydrogen) atoms. The Balaban J connectivity index is 1.53. The van der Waals surface area contributed by atoms with Crippen LogP contribution in [-0.2, 0) is 11.3 Å². The molecule has 0 spiro atoms. The van der Waals surface area contributed by atoms with Gasteiger partial charge in [-0.15, -0.1) is 0 Å². The number of pyridine rings is 1. The SMILES string of the molecule is COC(=O)N1CC[C@H](Oc2cc(C(=O)NCc3ccc(Cl)cc3)ncc2-c2cnc(C)o2)C[C@H]1C. The first-order chi connectivity index (χ1) is 16.8. The van der Waals surface area contributed by atoms with Gasteiger partial charge in [0.15, 0.2) is 11.7 Å². The molecular weight excluding hydrogens is 472 g/mol. The summed E-state index contributed by atoms with van der Waals surface area (Å²) in [7, 11) is 1.37. The highest BCUT2D eigenvalue weighted by Gasteiger charge is 2.31. The lowest BCUT2D eigenvalue weighted by Crippen LogP contribution is -2.47. The van der Waals surface area contributed by atoms with Gasteiger partial charge in [-0.3, -0.25) is 9.78 Å². The van der Waals surface area contributed by atoms with Gasteiger partial charge in [-0.25, -0.2) is 9.78 Å². The number of aryl methyl sites for hydroxylation is 1. The molecule has 1 saturated heterocycles. The van der Waals surface area contributed by atoms with Crippen molar-refractivity contribution in [3.8, 4) is 17.1 Å². The molecule has 184 valence electrons. The number of halogens is 1. The Morgan fingerprint density at radius 3 is 2.66 bits per heavy atom. The van der Waals surface area contributed by atoms with E-state index in [2.05, 4.69) is 15.3 Å². The summed E-state index contributed by atoms with van der Waals surface area (Å²) in [5, 5.41) is 3.50. The largest absolute Gasteiger partial charge is 0.489 e. The molecule has 2 atom stereocenters. The maximum Gasteiger partial charge on any atom is 0.409 e. The summed E-state index contributed by atoms with van der Waals surface area (Å²) in [6.07, 6.45) is 3.87. The molecule has 0 unspecified atom stereocenters. The third-order valence-corrected chi connectivity index (χ3v) is 6.13. The second-order valence-corrected chi connectivity index (χ2v) is 8.83. The topological polar surface area (TPSA) is 107 Å². The molecule has 3 heterocycles. The number of likely N-dealkylation sites (tertiary alicyclic amines) is 1. The molecule has 1 fully saturated rings. The van der Waals surface area contributed by atoms with Gasteiger partial charge in [0.05, 0.1) is 18.9 Å². The summed E-state index contributed by atoms with van der Waals surface area (Å²) < 4.78 is 16.9. The Labute approximate surface area is 208 Å². The van der Waals surface area contributed by atoms with Crippen LogP contribution in [0.4, 0.5) is 4.79 Å². The Kier molecular flexibility index (Phi) is 7.55. The molecule has 2 amide bonds. The second kappa shape index (κ2) is 10.8. The van der Waals surface area contributed by atoms with Crippen LogP contribution in [0.5, 0.6) is 5.75 Å². The highest BCUT2D eigenvalue weighted by atomic mass is 35.5. The summed E-state index contributed by atoms with van der Waals surface area (Å²) in [4.78, 5) is 35.0. The molecule has 1 aliphatic heterocycles. The van der Waals surface area contributed by atoms with Gasteiger partial charge >= 0.3 is 6.09 Å². The normalized spacial score (nSPS) is 17.7. The fourth-order valence-electron chi connectivity index (χ4n) is 4.01. The average molecular weight is 499 g/mol. The van der Waals surface area contributed by atoms with Gasteiger partial charge in [0.2, 0.25) is 0 Å². The van der Waals surface area contributed by atoms with E-state index in [1.807, 2.05) is 19.1 Å². The minimum atomic E-state index is -0.350. The van der Waals surface area contributed by atoms with Crippen molar-refractivity contribution < 1.29 is 23.5 Å². The third kappa shape index (κ3) is 5.92. The second-order valence-electron chi connectivity index (χ2n) is 8.40. The number of amides is 2. The lowest BCUT2D eigenvalue weighted by atomic mass is 10.0. The molecule has 4 rings (SSSR count). The zero-order chi connectivity index (χ0) is 24.9. The Hall–Kier alpha value is -3.59. The van der Waals surface area contributed by atoms with Gasteiger partial charge in [-0.1, -0.05) is 23.7 Å². The number of carbonyl (C=O) groups is 2. The Bertz CT molecular complexity index is 1200. The summed E-state index contributed by atoms with van der Waals surface area (Å²) in [6.45, 7) is 4.55. The molecule has 1 N–H and O–H groups in total. The first-order valence-electron chi connectivity index (χ1n) is 11.3. The minimum Gasteiger partial charge on any atom is -0.489 e. The van der Waals surface area contributed by atoms with E-state index in [0.717, 1.165) is 5.56 Å². The number of nitrogens with zero attached hydrogens (tertiary/aromatic N) is 3. The molecule has 0 aliphatic carbocycles. The quantitative estimate of drug-likeness (QED) is 0.528.